The first-order valence-electron chi connectivity index (χ1n) is 4.34. The van der Waals surface area contributed by atoms with E-state index < -0.39 is 17.3 Å². The van der Waals surface area contributed by atoms with Crippen molar-refractivity contribution in [3.63, 3.8) is 0 Å². The zero-order valence-corrected chi connectivity index (χ0v) is 8.68. The van der Waals surface area contributed by atoms with Gasteiger partial charge in [-0.2, -0.15) is 0 Å². The summed E-state index contributed by atoms with van der Waals surface area (Å²) in [5, 5.41) is 11.3. The maximum absolute atomic E-state index is 11.3. The maximum atomic E-state index is 11.3. The molecule has 4 nitrogen and oxygen atoms in total. The second-order valence-electron chi connectivity index (χ2n) is 3.14. The van der Waals surface area contributed by atoms with E-state index >= 15 is 0 Å². The third kappa shape index (κ3) is 2.77. The van der Waals surface area contributed by atoms with Crippen molar-refractivity contribution < 1.29 is 14.7 Å². The van der Waals surface area contributed by atoms with Crippen LogP contribution < -0.4 is 5.32 Å². The Bertz CT molecular complexity index is 287. The van der Waals surface area contributed by atoms with Gasteiger partial charge in [-0.15, -0.1) is 11.8 Å². The molecule has 14 heavy (non-hydrogen) atoms. The van der Waals surface area contributed by atoms with Crippen LogP contribution in [0.5, 0.6) is 0 Å². The van der Waals surface area contributed by atoms with Crippen molar-refractivity contribution in [3.8, 4) is 11.8 Å². The lowest BCUT2D eigenvalue weighted by atomic mass is 9.84. The Morgan fingerprint density at radius 1 is 1.50 bits per heavy atom. The number of carbonyl (C=O) groups is 2. The number of hydrogen-bond acceptors (Lipinski definition) is 2. The Balaban J connectivity index is 4.61. The van der Waals surface area contributed by atoms with Gasteiger partial charge in [-0.1, -0.05) is 0 Å². The predicted octanol–water partition coefficient (Wildman–Crippen LogP) is 0.627. The summed E-state index contributed by atoms with van der Waals surface area (Å²) in [6.07, 6.45) is 0.634. The Morgan fingerprint density at radius 2 is 2.07 bits per heavy atom. The SMILES string of the molecule is CC#CCCC(C)(C(=O)O)C(=O)NC. The van der Waals surface area contributed by atoms with Gasteiger partial charge in [0.05, 0.1) is 0 Å². The van der Waals surface area contributed by atoms with Crippen LogP contribution in [0.2, 0.25) is 0 Å². The molecule has 0 spiro atoms. The molecule has 2 N–H and O–H groups in total. The standard InChI is InChI=1S/C10H15NO3/c1-4-5-6-7-10(2,9(13)14)8(12)11-3/h6-7H2,1-3H3,(H,11,12)(H,13,14). The molecule has 0 heterocycles. The third-order valence-electron chi connectivity index (χ3n) is 2.13. The number of carboxylic acids is 1. The fourth-order valence-electron chi connectivity index (χ4n) is 1.03. The van der Waals surface area contributed by atoms with Gasteiger partial charge in [0.1, 0.15) is 5.41 Å². The van der Waals surface area contributed by atoms with E-state index in [9.17, 15) is 9.59 Å². The van der Waals surface area contributed by atoms with Crippen LogP contribution in [0.4, 0.5) is 0 Å². The van der Waals surface area contributed by atoms with Gasteiger partial charge < -0.3 is 10.4 Å². The molecule has 0 fully saturated rings. The van der Waals surface area contributed by atoms with Crippen LogP contribution in [-0.4, -0.2) is 24.0 Å². The minimum Gasteiger partial charge on any atom is -0.480 e. The predicted molar refractivity (Wildman–Crippen MR) is 52.5 cm³/mol. The van der Waals surface area contributed by atoms with Crippen molar-refractivity contribution in [2.24, 2.45) is 5.41 Å². The molecule has 78 valence electrons. The van der Waals surface area contributed by atoms with E-state index in [1.54, 1.807) is 6.92 Å². The molecule has 1 amide bonds. The van der Waals surface area contributed by atoms with Crippen molar-refractivity contribution in [1.82, 2.24) is 5.32 Å². The molecule has 0 aliphatic rings. The van der Waals surface area contributed by atoms with Crippen molar-refractivity contribution in [2.45, 2.75) is 26.7 Å². The minimum atomic E-state index is -1.38. The lowest BCUT2D eigenvalue weighted by Gasteiger charge is -2.21. The van der Waals surface area contributed by atoms with Gasteiger partial charge in [0.2, 0.25) is 5.91 Å². The Labute approximate surface area is 83.7 Å². The van der Waals surface area contributed by atoms with Crippen molar-refractivity contribution in [2.75, 3.05) is 7.05 Å². The van der Waals surface area contributed by atoms with Gasteiger partial charge in [0, 0.05) is 13.5 Å². The quantitative estimate of drug-likeness (QED) is 0.513. The topological polar surface area (TPSA) is 66.4 Å². The molecule has 4 heteroatoms. The van der Waals surface area contributed by atoms with E-state index in [0.717, 1.165) is 0 Å². The van der Waals surface area contributed by atoms with E-state index in [1.165, 1.54) is 14.0 Å². The molecule has 1 unspecified atom stereocenters. The molecular weight excluding hydrogens is 182 g/mol. The molecule has 0 saturated carbocycles. The molecule has 0 bridgehead atoms. The number of carbonyl (C=O) groups excluding carboxylic acids is 1. The zero-order chi connectivity index (χ0) is 11.2. The molecule has 0 aliphatic heterocycles. The first kappa shape index (κ1) is 12.5. The van der Waals surface area contributed by atoms with Crippen LogP contribution in [0.1, 0.15) is 26.7 Å². The molecule has 0 aromatic heterocycles. The second-order valence-corrected chi connectivity index (χ2v) is 3.14. The van der Waals surface area contributed by atoms with Gasteiger partial charge in [-0.3, -0.25) is 9.59 Å². The Hall–Kier alpha value is -1.50. The lowest BCUT2D eigenvalue weighted by Crippen LogP contribution is -2.43. The van der Waals surface area contributed by atoms with Crippen LogP contribution in [0.3, 0.4) is 0 Å². The van der Waals surface area contributed by atoms with Crippen LogP contribution >= 0.6 is 0 Å². The second kappa shape index (κ2) is 5.28. The van der Waals surface area contributed by atoms with Crippen LogP contribution in [0.25, 0.3) is 0 Å². The van der Waals surface area contributed by atoms with Gasteiger partial charge in [-0.05, 0) is 20.3 Å². The van der Waals surface area contributed by atoms with E-state index in [1.807, 2.05) is 0 Å². The average molecular weight is 197 g/mol. The molecule has 0 saturated heterocycles. The fourth-order valence-corrected chi connectivity index (χ4v) is 1.03. The van der Waals surface area contributed by atoms with E-state index in [4.69, 9.17) is 5.11 Å². The number of nitrogens with one attached hydrogen (secondary N) is 1. The fraction of sp³-hybridized carbons (Fsp3) is 0.600. The number of aliphatic carboxylic acids is 1. The zero-order valence-electron chi connectivity index (χ0n) is 8.68. The number of rotatable bonds is 4. The van der Waals surface area contributed by atoms with Crippen molar-refractivity contribution in [1.29, 1.82) is 0 Å². The summed E-state index contributed by atoms with van der Waals surface area (Å²) in [5.74, 6) is 3.81. The lowest BCUT2D eigenvalue weighted by molar-refractivity contribution is -0.154. The first-order valence-corrected chi connectivity index (χ1v) is 4.34. The summed E-state index contributed by atoms with van der Waals surface area (Å²) in [6.45, 7) is 3.09. The molecule has 0 aliphatic carbocycles. The van der Waals surface area contributed by atoms with Gasteiger partial charge >= 0.3 is 5.97 Å². The highest BCUT2D eigenvalue weighted by molar-refractivity contribution is 6.01. The van der Waals surface area contributed by atoms with Gasteiger partial charge in [0.25, 0.3) is 0 Å². The van der Waals surface area contributed by atoms with Crippen LogP contribution in [0, 0.1) is 17.3 Å². The smallest absolute Gasteiger partial charge is 0.318 e. The molecule has 0 aromatic carbocycles. The highest BCUT2D eigenvalue weighted by atomic mass is 16.4. The maximum Gasteiger partial charge on any atom is 0.318 e. The summed E-state index contributed by atoms with van der Waals surface area (Å²) >= 11 is 0. The number of carboxylic acid groups (broad SMARTS) is 1. The first-order chi connectivity index (χ1) is 6.49. The number of amides is 1. The molecule has 0 aromatic rings. The Kier molecular flexibility index (Phi) is 4.71. The highest BCUT2D eigenvalue weighted by Crippen LogP contribution is 2.23. The third-order valence-corrected chi connectivity index (χ3v) is 2.13. The van der Waals surface area contributed by atoms with Crippen molar-refractivity contribution in [3.05, 3.63) is 0 Å². The molecule has 1 atom stereocenters. The molecule has 0 radical (unpaired) electrons. The van der Waals surface area contributed by atoms with E-state index in [0.29, 0.717) is 6.42 Å². The summed E-state index contributed by atoms with van der Waals surface area (Å²) in [4.78, 5) is 22.2. The summed E-state index contributed by atoms with van der Waals surface area (Å²) in [7, 11) is 1.43. The van der Waals surface area contributed by atoms with E-state index in [2.05, 4.69) is 17.2 Å². The summed E-state index contributed by atoms with van der Waals surface area (Å²) in [5.41, 5.74) is -1.38. The largest absolute Gasteiger partial charge is 0.480 e. The monoisotopic (exact) mass is 197 g/mol. The van der Waals surface area contributed by atoms with Crippen LogP contribution in [-0.2, 0) is 9.59 Å². The normalized spacial score (nSPS) is 13.4. The van der Waals surface area contributed by atoms with Gasteiger partial charge in [-0.25, -0.2) is 0 Å². The molecular formula is C10H15NO3. The van der Waals surface area contributed by atoms with Gasteiger partial charge in [0.15, 0.2) is 0 Å². The average Bonchev–Trinajstić information content (AvgIpc) is 2.16. The molecule has 0 rings (SSSR count). The van der Waals surface area contributed by atoms with E-state index in [-0.39, 0.29) is 6.42 Å². The van der Waals surface area contributed by atoms with Crippen LogP contribution in [0.15, 0.2) is 0 Å². The summed E-state index contributed by atoms with van der Waals surface area (Å²) < 4.78 is 0. The van der Waals surface area contributed by atoms with Crippen molar-refractivity contribution >= 4 is 11.9 Å². The minimum absolute atomic E-state index is 0.225. The number of hydrogen-bond donors (Lipinski definition) is 2. The highest BCUT2D eigenvalue weighted by Gasteiger charge is 2.39. The Morgan fingerprint density at radius 3 is 2.43 bits per heavy atom. The summed E-state index contributed by atoms with van der Waals surface area (Å²) in [6, 6.07) is 0.